The summed E-state index contributed by atoms with van der Waals surface area (Å²) in [6.07, 6.45) is 4.24. The van der Waals surface area contributed by atoms with Gasteiger partial charge >= 0.3 is 0 Å². The molecule has 0 saturated carbocycles. The van der Waals surface area contributed by atoms with Crippen LogP contribution < -0.4 is 9.47 Å². The summed E-state index contributed by atoms with van der Waals surface area (Å²) in [5, 5.41) is 12.8. The maximum Gasteiger partial charge on any atom is 0.173 e. The molecule has 2 aliphatic rings. The molecule has 2 saturated heterocycles. The largest absolute Gasteiger partial charge is 0.497 e. The van der Waals surface area contributed by atoms with Crippen molar-refractivity contribution in [3.63, 3.8) is 0 Å². The molecule has 0 unspecified atom stereocenters. The molecule has 31 heavy (non-hydrogen) atoms. The van der Waals surface area contributed by atoms with Gasteiger partial charge in [0.1, 0.15) is 17.5 Å². The maximum absolute atomic E-state index is 5.84. The quantitative estimate of drug-likeness (QED) is 0.559. The Balaban J connectivity index is 1.67. The monoisotopic (exact) mass is 428 g/mol. The predicted molar refractivity (Wildman–Crippen MR) is 116 cm³/mol. The van der Waals surface area contributed by atoms with E-state index in [1.165, 1.54) is 0 Å². The van der Waals surface area contributed by atoms with Gasteiger partial charge in [0.15, 0.2) is 5.82 Å². The molecule has 168 valence electrons. The summed E-state index contributed by atoms with van der Waals surface area (Å²) in [6, 6.07) is 5.82. The first-order chi connectivity index (χ1) is 15.2. The van der Waals surface area contributed by atoms with Gasteiger partial charge in [-0.1, -0.05) is 6.08 Å². The molecule has 4 rings (SSSR count). The lowest BCUT2D eigenvalue weighted by Gasteiger charge is -2.39. The molecule has 1 aromatic heterocycles. The Morgan fingerprint density at radius 2 is 2.06 bits per heavy atom. The normalized spacial score (nSPS) is 21.2. The van der Waals surface area contributed by atoms with Crippen LogP contribution in [0.2, 0.25) is 0 Å². The van der Waals surface area contributed by atoms with Gasteiger partial charge in [-0.25, -0.2) is 4.68 Å². The molecule has 2 aliphatic heterocycles. The van der Waals surface area contributed by atoms with Crippen LogP contribution >= 0.6 is 0 Å². The zero-order valence-electron chi connectivity index (χ0n) is 18.4. The molecule has 0 radical (unpaired) electrons. The number of piperazine rings is 1. The van der Waals surface area contributed by atoms with Gasteiger partial charge in [0.05, 0.1) is 26.9 Å². The minimum absolute atomic E-state index is 0.122. The number of hydrogen-bond donors (Lipinski definition) is 0. The van der Waals surface area contributed by atoms with E-state index >= 15 is 0 Å². The fourth-order valence-corrected chi connectivity index (χ4v) is 4.45. The van der Waals surface area contributed by atoms with Crippen LogP contribution in [0, 0.1) is 0 Å². The van der Waals surface area contributed by atoms with Crippen LogP contribution in [0.15, 0.2) is 30.9 Å². The van der Waals surface area contributed by atoms with Crippen LogP contribution in [0.1, 0.15) is 30.3 Å². The molecule has 0 spiro atoms. The lowest BCUT2D eigenvalue weighted by Crippen LogP contribution is -2.48. The molecule has 2 aromatic rings. The van der Waals surface area contributed by atoms with Gasteiger partial charge < -0.3 is 14.2 Å². The molecule has 0 bridgehead atoms. The Morgan fingerprint density at radius 1 is 1.23 bits per heavy atom. The summed E-state index contributed by atoms with van der Waals surface area (Å²) in [5.74, 6) is 2.34. The van der Waals surface area contributed by atoms with Crippen LogP contribution in [-0.2, 0) is 11.3 Å². The minimum atomic E-state index is -0.122. The number of hydrogen-bond acceptors (Lipinski definition) is 8. The molecular formula is C22H32N6O3. The van der Waals surface area contributed by atoms with Crippen LogP contribution in [0.4, 0.5) is 0 Å². The summed E-state index contributed by atoms with van der Waals surface area (Å²) >= 11 is 0. The fourth-order valence-electron chi connectivity index (χ4n) is 4.45. The van der Waals surface area contributed by atoms with Crippen molar-refractivity contribution in [2.75, 3.05) is 53.6 Å². The van der Waals surface area contributed by atoms with Gasteiger partial charge in [-0.05, 0) is 35.4 Å². The Labute approximate surface area is 183 Å². The zero-order valence-corrected chi connectivity index (χ0v) is 18.4. The van der Waals surface area contributed by atoms with Gasteiger partial charge in [-0.3, -0.25) is 9.80 Å². The second-order valence-corrected chi connectivity index (χ2v) is 7.99. The second kappa shape index (κ2) is 10.2. The molecule has 2 atom stereocenters. The standard InChI is InChI=1S/C22H32N6O3/c1-4-9-26-10-12-27(13-11-26)21(19-8-7-17(29-2)15-20(19)30-3)22-23-24-25-28(22)16-18-6-5-14-31-18/h4,7-8,15,18,21H,1,5-6,9-14,16H2,2-3H3/t18-,21+/m0/s1. The van der Waals surface area contributed by atoms with E-state index < -0.39 is 0 Å². The second-order valence-electron chi connectivity index (χ2n) is 7.99. The molecule has 9 nitrogen and oxygen atoms in total. The summed E-state index contributed by atoms with van der Waals surface area (Å²) in [4.78, 5) is 4.84. The summed E-state index contributed by atoms with van der Waals surface area (Å²) in [6.45, 7) is 9.98. The van der Waals surface area contributed by atoms with Gasteiger partial charge in [0, 0.05) is 51.0 Å². The number of rotatable bonds is 9. The minimum Gasteiger partial charge on any atom is -0.497 e. The van der Waals surface area contributed by atoms with Crippen LogP contribution in [0.5, 0.6) is 11.5 Å². The fraction of sp³-hybridized carbons (Fsp3) is 0.591. The van der Waals surface area contributed by atoms with Gasteiger partial charge in [-0.15, -0.1) is 11.7 Å². The Kier molecular flexibility index (Phi) is 7.16. The van der Waals surface area contributed by atoms with Gasteiger partial charge in [-0.2, -0.15) is 0 Å². The molecule has 0 aliphatic carbocycles. The highest BCUT2D eigenvalue weighted by atomic mass is 16.5. The topological polar surface area (TPSA) is 77.8 Å². The Bertz CT molecular complexity index is 859. The summed E-state index contributed by atoms with van der Waals surface area (Å²) in [7, 11) is 3.35. The van der Waals surface area contributed by atoms with E-state index in [1.807, 2.05) is 22.9 Å². The van der Waals surface area contributed by atoms with Crippen molar-refractivity contribution in [1.29, 1.82) is 0 Å². The third kappa shape index (κ3) is 4.89. The molecule has 1 aromatic carbocycles. The third-order valence-electron chi connectivity index (χ3n) is 6.10. The van der Waals surface area contributed by atoms with E-state index in [0.29, 0.717) is 6.54 Å². The van der Waals surface area contributed by atoms with Crippen LogP contribution in [0.25, 0.3) is 0 Å². The zero-order chi connectivity index (χ0) is 21.6. The first-order valence-corrected chi connectivity index (χ1v) is 10.9. The van der Waals surface area contributed by atoms with E-state index in [4.69, 9.17) is 14.2 Å². The molecule has 0 amide bonds. The van der Waals surface area contributed by atoms with Crippen molar-refractivity contribution in [3.05, 3.63) is 42.2 Å². The number of aromatic nitrogens is 4. The lowest BCUT2D eigenvalue weighted by atomic mass is 10.0. The summed E-state index contributed by atoms with van der Waals surface area (Å²) < 4.78 is 18.9. The molecule has 2 fully saturated rings. The Morgan fingerprint density at radius 3 is 2.74 bits per heavy atom. The summed E-state index contributed by atoms with van der Waals surface area (Å²) in [5.41, 5.74) is 1.03. The van der Waals surface area contributed by atoms with Crippen molar-refractivity contribution in [2.24, 2.45) is 0 Å². The van der Waals surface area contributed by atoms with Gasteiger partial charge in [0.25, 0.3) is 0 Å². The first-order valence-electron chi connectivity index (χ1n) is 10.9. The number of tetrazole rings is 1. The van der Waals surface area contributed by atoms with Crippen molar-refractivity contribution >= 4 is 0 Å². The number of ether oxygens (including phenoxy) is 3. The highest BCUT2D eigenvalue weighted by Gasteiger charge is 2.33. The third-order valence-corrected chi connectivity index (χ3v) is 6.10. The molecule has 9 heteroatoms. The molecule has 3 heterocycles. The van der Waals surface area contributed by atoms with E-state index in [2.05, 4.69) is 38.0 Å². The lowest BCUT2D eigenvalue weighted by molar-refractivity contribution is 0.0865. The van der Waals surface area contributed by atoms with Crippen molar-refractivity contribution < 1.29 is 14.2 Å². The Hall–Kier alpha value is -2.49. The number of nitrogens with zero attached hydrogens (tertiary/aromatic N) is 6. The van der Waals surface area contributed by atoms with E-state index in [1.54, 1.807) is 14.2 Å². The maximum atomic E-state index is 5.84. The molecular weight excluding hydrogens is 396 g/mol. The van der Waals surface area contributed by atoms with E-state index in [-0.39, 0.29) is 12.1 Å². The predicted octanol–water partition coefficient (Wildman–Crippen LogP) is 1.76. The highest BCUT2D eigenvalue weighted by Crippen LogP contribution is 2.36. The van der Waals surface area contributed by atoms with Gasteiger partial charge in [0.2, 0.25) is 0 Å². The van der Waals surface area contributed by atoms with E-state index in [9.17, 15) is 0 Å². The SMILES string of the molecule is C=CCN1CCN([C@H](c2ccc(OC)cc2OC)c2nnnn2C[C@@H]2CCCO2)CC1. The van der Waals surface area contributed by atoms with Crippen molar-refractivity contribution in [3.8, 4) is 11.5 Å². The highest BCUT2D eigenvalue weighted by molar-refractivity contribution is 5.44. The van der Waals surface area contributed by atoms with Crippen LogP contribution in [-0.4, -0.2) is 89.7 Å². The average Bonchev–Trinajstić information content (AvgIpc) is 3.48. The van der Waals surface area contributed by atoms with Crippen molar-refractivity contribution in [1.82, 2.24) is 30.0 Å². The first kappa shape index (κ1) is 21.7. The van der Waals surface area contributed by atoms with E-state index in [0.717, 1.165) is 75.1 Å². The number of methoxy groups -OCH3 is 2. The van der Waals surface area contributed by atoms with Crippen LogP contribution in [0.3, 0.4) is 0 Å². The average molecular weight is 429 g/mol. The smallest absolute Gasteiger partial charge is 0.173 e. The number of benzene rings is 1. The van der Waals surface area contributed by atoms with Crippen molar-refractivity contribution in [2.45, 2.75) is 31.5 Å². The molecule has 0 N–H and O–H groups in total.